The lowest BCUT2D eigenvalue weighted by Crippen LogP contribution is -2.36. The summed E-state index contributed by atoms with van der Waals surface area (Å²) in [6.07, 6.45) is 1.09. The second-order valence-corrected chi connectivity index (χ2v) is 13.4. The minimum Gasteiger partial charge on any atom is -0.481 e. The monoisotopic (exact) mass is 660 g/mol. The minimum absolute atomic E-state index is 0.0612. The average molecular weight is 661 g/mol. The van der Waals surface area contributed by atoms with Crippen LogP contribution >= 0.6 is 11.6 Å². The maximum Gasteiger partial charge on any atom is 0.335 e. The van der Waals surface area contributed by atoms with E-state index >= 15 is 0 Å². The van der Waals surface area contributed by atoms with Gasteiger partial charge in [-0.3, -0.25) is 5.32 Å². The van der Waals surface area contributed by atoms with Crippen LogP contribution in [0.25, 0.3) is 0 Å². The molecule has 3 rings (SSSR count). The summed E-state index contributed by atoms with van der Waals surface area (Å²) >= 11 is 5.77. The van der Waals surface area contributed by atoms with Gasteiger partial charge >= 0.3 is 6.03 Å². The lowest BCUT2D eigenvalue weighted by atomic mass is 10.1. The van der Waals surface area contributed by atoms with Crippen molar-refractivity contribution >= 4 is 55.3 Å². The van der Waals surface area contributed by atoms with Crippen molar-refractivity contribution in [2.45, 2.75) is 50.1 Å². The molecule has 0 radical (unpaired) electrons. The highest BCUT2D eigenvalue weighted by Gasteiger charge is 2.28. The number of hydrogen-bond donors (Lipinski definition) is 4. The fourth-order valence-electron chi connectivity index (χ4n) is 2.92. The predicted molar refractivity (Wildman–Crippen MR) is 159 cm³/mol. The molecule has 4 N–H and O–H groups in total. The van der Waals surface area contributed by atoms with E-state index in [9.17, 15) is 21.6 Å². The summed E-state index contributed by atoms with van der Waals surface area (Å²) in [6, 6.07) is 2.47. The standard InChI is InChI=1S/C14H17N5O7S2.C9H16ClN5/c1-4-27(21,22)9-6-5-7-15-12(9)28(23,24)19-14(20)18-13-16-10(25-2)8-11(17-13)26-3;1-5-11-7-12-6(10)13-8(14-7)15-9(2,3)4/h5-8H,4H2,1-3H3,(H2,16,17,18,19,20);5H2,1-4H3,(H2,11,12,13,14,15). The van der Waals surface area contributed by atoms with Gasteiger partial charge in [0.1, 0.15) is 4.90 Å². The Labute approximate surface area is 254 Å². The molecule has 2 amide bonds. The third-order valence-electron chi connectivity index (χ3n) is 4.69. The van der Waals surface area contributed by atoms with Crippen LogP contribution in [0.2, 0.25) is 5.28 Å². The van der Waals surface area contributed by atoms with E-state index in [0.29, 0.717) is 11.9 Å². The van der Waals surface area contributed by atoms with Crippen LogP contribution in [0.15, 0.2) is 34.3 Å². The topological polar surface area (TPSA) is 229 Å². The molecule has 0 atom stereocenters. The van der Waals surface area contributed by atoms with Crippen LogP contribution in [0.1, 0.15) is 34.6 Å². The van der Waals surface area contributed by atoms with E-state index < -0.39 is 35.8 Å². The number of nitrogens with zero attached hydrogens (tertiary/aromatic N) is 6. The third kappa shape index (κ3) is 10.9. The first-order valence-corrected chi connectivity index (χ1v) is 16.0. The van der Waals surface area contributed by atoms with Crippen LogP contribution < -0.4 is 30.1 Å². The zero-order valence-corrected chi connectivity index (χ0v) is 26.8. The van der Waals surface area contributed by atoms with Gasteiger partial charge in [0, 0.05) is 18.3 Å². The summed E-state index contributed by atoms with van der Waals surface area (Å²) in [7, 11) is -5.85. The lowest BCUT2D eigenvalue weighted by molar-refractivity contribution is 0.256. The molecule has 0 aromatic carbocycles. The first kappa shape index (κ1) is 35.1. The fourth-order valence-corrected chi connectivity index (χ4v) is 5.63. The zero-order chi connectivity index (χ0) is 32.4. The van der Waals surface area contributed by atoms with Crippen molar-refractivity contribution in [1.29, 1.82) is 0 Å². The number of carbonyl (C=O) groups is 1. The smallest absolute Gasteiger partial charge is 0.335 e. The number of sulfonamides is 1. The number of hydrogen-bond acceptors (Lipinski definition) is 15. The van der Waals surface area contributed by atoms with Crippen LogP contribution in [-0.2, 0) is 19.9 Å². The Kier molecular flexibility index (Phi) is 12.1. The molecule has 17 nitrogen and oxygen atoms in total. The third-order valence-corrected chi connectivity index (χ3v) is 8.03. The van der Waals surface area contributed by atoms with Crippen molar-refractivity contribution in [3.63, 3.8) is 0 Å². The Balaban J connectivity index is 0.000000362. The van der Waals surface area contributed by atoms with Gasteiger partial charge < -0.3 is 20.1 Å². The van der Waals surface area contributed by atoms with E-state index in [1.165, 1.54) is 33.3 Å². The first-order valence-electron chi connectivity index (χ1n) is 12.5. The minimum atomic E-state index is -4.61. The normalized spacial score (nSPS) is 11.4. The number of aromatic nitrogens is 6. The van der Waals surface area contributed by atoms with Crippen LogP contribution in [0, 0.1) is 0 Å². The zero-order valence-electron chi connectivity index (χ0n) is 24.5. The number of carbonyl (C=O) groups excluding carboxylic acids is 1. The molecule has 0 spiro atoms. The number of nitrogens with one attached hydrogen (secondary N) is 4. The predicted octanol–water partition coefficient (Wildman–Crippen LogP) is 2.36. The molecule has 20 heteroatoms. The molecule has 0 unspecified atom stereocenters. The van der Waals surface area contributed by atoms with E-state index in [0.717, 1.165) is 18.8 Å². The molecule has 0 saturated heterocycles. The van der Waals surface area contributed by atoms with Gasteiger partial charge in [0.2, 0.25) is 34.9 Å². The Bertz CT molecular complexity index is 1610. The number of ether oxygens (including phenoxy) is 2. The Morgan fingerprint density at radius 2 is 1.53 bits per heavy atom. The molecule has 0 aliphatic rings. The molecule has 3 aromatic rings. The van der Waals surface area contributed by atoms with Gasteiger partial charge in [-0.05, 0) is 51.4 Å². The fraction of sp³-hybridized carbons (Fsp3) is 0.435. The summed E-state index contributed by atoms with van der Waals surface area (Å²) in [6.45, 7) is 10.1. The molecular formula is C23H33ClN10O7S2. The number of amides is 2. The summed E-state index contributed by atoms with van der Waals surface area (Å²) in [5.41, 5.74) is -0.103. The lowest BCUT2D eigenvalue weighted by Gasteiger charge is -2.20. The second kappa shape index (κ2) is 14.9. The van der Waals surface area contributed by atoms with Gasteiger partial charge in [0.15, 0.2) is 14.9 Å². The quantitative estimate of drug-likeness (QED) is 0.244. The SMILES string of the molecule is CCNc1nc(Cl)nc(NC(C)(C)C)n1.CCS(=O)(=O)c1cccnc1S(=O)(=O)NC(=O)Nc1nc(OC)cc(OC)n1. The second-order valence-electron chi connectivity index (χ2n) is 9.20. The largest absolute Gasteiger partial charge is 0.481 e. The highest BCUT2D eigenvalue weighted by atomic mass is 35.5. The number of urea groups is 1. The number of halogens is 1. The first-order chi connectivity index (χ1) is 20.0. The van der Waals surface area contributed by atoms with E-state index in [-0.39, 0.29) is 34.3 Å². The van der Waals surface area contributed by atoms with Crippen molar-refractivity contribution in [2.24, 2.45) is 0 Å². The van der Waals surface area contributed by atoms with Crippen LogP contribution in [0.5, 0.6) is 11.8 Å². The van der Waals surface area contributed by atoms with E-state index in [4.69, 9.17) is 21.1 Å². The maximum atomic E-state index is 12.5. The Morgan fingerprint density at radius 3 is 2.07 bits per heavy atom. The Morgan fingerprint density at radius 1 is 0.930 bits per heavy atom. The van der Waals surface area contributed by atoms with E-state index in [1.54, 1.807) is 4.72 Å². The van der Waals surface area contributed by atoms with Crippen LogP contribution in [-0.4, -0.2) is 84.8 Å². The highest BCUT2D eigenvalue weighted by molar-refractivity contribution is 7.93. The van der Waals surface area contributed by atoms with Crippen molar-refractivity contribution in [2.75, 3.05) is 42.5 Å². The molecule has 0 bridgehead atoms. The van der Waals surface area contributed by atoms with Gasteiger partial charge in [0.05, 0.1) is 26.0 Å². The number of rotatable bonds is 10. The molecular weight excluding hydrogens is 628 g/mol. The summed E-state index contributed by atoms with van der Waals surface area (Å²) in [4.78, 5) is 34.9. The molecule has 236 valence electrons. The summed E-state index contributed by atoms with van der Waals surface area (Å²) in [5.74, 6) is 0.455. The molecule has 0 aliphatic carbocycles. The molecule has 0 aliphatic heterocycles. The van der Waals surface area contributed by atoms with Gasteiger partial charge in [-0.1, -0.05) is 6.92 Å². The number of sulfone groups is 1. The van der Waals surface area contributed by atoms with Gasteiger partial charge in [-0.2, -0.15) is 33.3 Å². The van der Waals surface area contributed by atoms with Crippen LogP contribution in [0.3, 0.4) is 0 Å². The number of pyridine rings is 1. The number of anilines is 3. The number of methoxy groups -OCH3 is 2. The average Bonchev–Trinajstić information content (AvgIpc) is 2.91. The molecule has 3 aromatic heterocycles. The molecule has 3 heterocycles. The van der Waals surface area contributed by atoms with Crippen molar-refractivity contribution in [3.8, 4) is 11.8 Å². The van der Waals surface area contributed by atoms with Gasteiger partial charge in [-0.25, -0.2) is 22.9 Å². The summed E-state index contributed by atoms with van der Waals surface area (Å²) < 4.78 is 60.7. The van der Waals surface area contributed by atoms with Gasteiger partial charge in [-0.15, -0.1) is 0 Å². The molecule has 43 heavy (non-hydrogen) atoms. The van der Waals surface area contributed by atoms with E-state index in [2.05, 4.69) is 45.9 Å². The van der Waals surface area contributed by atoms with Crippen molar-refractivity contribution in [1.82, 2.24) is 34.6 Å². The van der Waals surface area contributed by atoms with E-state index in [1.807, 2.05) is 27.7 Å². The Hall–Kier alpha value is -4.10. The van der Waals surface area contributed by atoms with Crippen LogP contribution in [0.4, 0.5) is 22.6 Å². The maximum absolute atomic E-state index is 12.5. The molecule has 0 saturated carbocycles. The van der Waals surface area contributed by atoms with Crippen molar-refractivity contribution < 1.29 is 31.1 Å². The highest BCUT2D eigenvalue weighted by Crippen LogP contribution is 2.20. The van der Waals surface area contributed by atoms with Gasteiger partial charge in [0.25, 0.3) is 10.0 Å². The molecule has 0 fully saturated rings. The van der Waals surface area contributed by atoms with Crippen molar-refractivity contribution in [3.05, 3.63) is 29.7 Å². The summed E-state index contributed by atoms with van der Waals surface area (Å²) in [5, 5.41) is 7.62.